The zero-order valence-electron chi connectivity index (χ0n) is 8.76. The Bertz CT molecular complexity index is 168. The summed E-state index contributed by atoms with van der Waals surface area (Å²) in [5, 5.41) is 5.90. The fourth-order valence-electron chi connectivity index (χ4n) is 0.775. The number of amides is 1. The third-order valence-electron chi connectivity index (χ3n) is 1.97. The lowest BCUT2D eigenvalue weighted by Crippen LogP contribution is -2.40. The Morgan fingerprint density at radius 1 is 1.54 bits per heavy atom. The molecule has 0 aliphatic carbocycles. The van der Waals surface area contributed by atoms with Crippen LogP contribution in [0.2, 0.25) is 0 Å². The molecule has 0 aromatic heterocycles. The maximum absolute atomic E-state index is 11.2. The maximum atomic E-state index is 11.2. The molecule has 2 atom stereocenters. The minimum absolute atomic E-state index is 0.0210. The summed E-state index contributed by atoms with van der Waals surface area (Å²) < 4.78 is 0. The van der Waals surface area contributed by atoms with E-state index >= 15 is 0 Å². The second kappa shape index (κ2) is 6.66. The van der Waals surface area contributed by atoms with Gasteiger partial charge < -0.3 is 10.6 Å². The van der Waals surface area contributed by atoms with Crippen LogP contribution in [0.3, 0.4) is 0 Å². The van der Waals surface area contributed by atoms with Crippen molar-refractivity contribution in [3.05, 3.63) is 12.7 Å². The van der Waals surface area contributed by atoms with Gasteiger partial charge in [-0.15, -0.1) is 6.58 Å². The SMILES string of the molecule is C=CC(C)NC(=O)CNC(C)CC. The molecule has 0 aliphatic rings. The van der Waals surface area contributed by atoms with Crippen LogP contribution in [0.15, 0.2) is 12.7 Å². The van der Waals surface area contributed by atoms with Gasteiger partial charge in [0.25, 0.3) is 0 Å². The minimum Gasteiger partial charge on any atom is -0.349 e. The van der Waals surface area contributed by atoms with Gasteiger partial charge in [0.15, 0.2) is 0 Å². The van der Waals surface area contributed by atoms with Gasteiger partial charge in [-0.25, -0.2) is 0 Å². The molecule has 3 heteroatoms. The summed E-state index contributed by atoms with van der Waals surface area (Å²) in [6, 6.07) is 0.441. The van der Waals surface area contributed by atoms with Crippen LogP contribution in [0.5, 0.6) is 0 Å². The normalized spacial score (nSPS) is 14.7. The zero-order valence-corrected chi connectivity index (χ0v) is 8.76. The van der Waals surface area contributed by atoms with Crippen molar-refractivity contribution in [3.63, 3.8) is 0 Å². The Hall–Kier alpha value is -0.830. The van der Waals surface area contributed by atoms with Gasteiger partial charge in [0.1, 0.15) is 0 Å². The van der Waals surface area contributed by atoms with E-state index in [1.807, 2.05) is 6.92 Å². The van der Waals surface area contributed by atoms with Crippen LogP contribution in [0.4, 0.5) is 0 Å². The van der Waals surface area contributed by atoms with Crippen molar-refractivity contribution in [3.8, 4) is 0 Å². The van der Waals surface area contributed by atoms with Crippen molar-refractivity contribution < 1.29 is 4.79 Å². The molecule has 0 radical (unpaired) electrons. The van der Waals surface area contributed by atoms with Crippen LogP contribution in [0, 0.1) is 0 Å². The number of carbonyl (C=O) groups is 1. The molecule has 2 N–H and O–H groups in total. The molecule has 0 rings (SSSR count). The van der Waals surface area contributed by atoms with E-state index in [-0.39, 0.29) is 11.9 Å². The molecular weight excluding hydrogens is 164 g/mol. The van der Waals surface area contributed by atoms with Crippen molar-refractivity contribution in [1.29, 1.82) is 0 Å². The number of hydrogen-bond acceptors (Lipinski definition) is 2. The predicted molar refractivity (Wildman–Crippen MR) is 55.6 cm³/mol. The summed E-state index contributed by atoms with van der Waals surface area (Å²) in [5.41, 5.74) is 0. The number of nitrogens with one attached hydrogen (secondary N) is 2. The summed E-state index contributed by atoms with van der Waals surface area (Å²) in [7, 11) is 0. The van der Waals surface area contributed by atoms with Gasteiger partial charge in [-0.2, -0.15) is 0 Å². The van der Waals surface area contributed by atoms with Crippen molar-refractivity contribution >= 4 is 5.91 Å². The minimum atomic E-state index is 0.0210. The fraction of sp³-hybridized carbons (Fsp3) is 0.700. The van der Waals surface area contributed by atoms with Gasteiger partial charge in [-0.1, -0.05) is 13.0 Å². The summed E-state index contributed by atoms with van der Waals surface area (Å²) in [5.74, 6) is 0.0210. The first-order valence-electron chi connectivity index (χ1n) is 4.75. The van der Waals surface area contributed by atoms with E-state index in [2.05, 4.69) is 31.1 Å². The van der Waals surface area contributed by atoms with Crippen LogP contribution >= 0.6 is 0 Å². The summed E-state index contributed by atoms with van der Waals surface area (Å²) in [6.07, 6.45) is 2.74. The molecule has 0 aromatic carbocycles. The molecule has 0 aromatic rings. The molecule has 13 heavy (non-hydrogen) atoms. The highest BCUT2D eigenvalue weighted by Crippen LogP contribution is 1.86. The maximum Gasteiger partial charge on any atom is 0.234 e. The fourth-order valence-corrected chi connectivity index (χ4v) is 0.775. The highest BCUT2D eigenvalue weighted by atomic mass is 16.1. The first-order valence-corrected chi connectivity index (χ1v) is 4.75. The number of hydrogen-bond donors (Lipinski definition) is 2. The van der Waals surface area contributed by atoms with E-state index in [4.69, 9.17) is 0 Å². The molecule has 0 bridgehead atoms. The lowest BCUT2D eigenvalue weighted by atomic mass is 10.2. The average molecular weight is 184 g/mol. The Morgan fingerprint density at radius 2 is 2.15 bits per heavy atom. The summed E-state index contributed by atoms with van der Waals surface area (Å²) >= 11 is 0. The topological polar surface area (TPSA) is 41.1 Å². The summed E-state index contributed by atoms with van der Waals surface area (Å²) in [6.45, 7) is 10.0. The van der Waals surface area contributed by atoms with Crippen LogP contribution < -0.4 is 10.6 Å². The van der Waals surface area contributed by atoms with E-state index in [0.29, 0.717) is 12.6 Å². The van der Waals surface area contributed by atoms with Crippen LogP contribution in [0.25, 0.3) is 0 Å². The molecule has 0 saturated carbocycles. The summed E-state index contributed by atoms with van der Waals surface area (Å²) in [4.78, 5) is 11.2. The monoisotopic (exact) mass is 184 g/mol. The number of rotatable bonds is 6. The van der Waals surface area contributed by atoms with Gasteiger partial charge >= 0.3 is 0 Å². The molecule has 0 aliphatic heterocycles. The Morgan fingerprint density at radius 3 is 2.62 bits per heavy atom. The lowest BCUT2D eigenvalue weighted by molar-refractivity contribution is -0.120. The number of carbonyl (C=O) groups excluding carboxylic acids is 1. The van der Waals surface area contributed by atoms with E-state index in [0.717, 1.165) is 6.42 Å². The zero-order chi connectivity index (χ0) is 10.3. The van der Waals surface area contributed by atoms with Crippen LogP contribution in [-0.2, 0) is 4.79 Å². The average Bonchev–Trinajstić information content (AvgIpc) is 2.13. The van der Waals surface area contributed by atoms with Gasteiger partial charge in [0, 0.05) is 12.1 Å². The molecule has 76 valence electrons. The largest absolute Gasteiger partial charge is 0.349 e. The molecule has 2 unspecified atom stereocenters. The Balaban J connectivity index is 3.57. The second-order valence-electron chi connectivity index (χ2n) is 3.28. The van der Waals surface area contributed by atoms with Gasteiger partial charge in [-0.3, -0.25) is 4.79 Å². The van der Waals surface area contributed by atoms with Crippen molar-refractivity contribution in [2.45, 2.75) is 39.3 Å². The third-order valence-corrected chi connectivity index (χ3v) is 1.97. The molecule has 3 nitrogen and oxygen atoms in total. The lowest BCUT2D eigenvalue weighted by Gasteiger charge is -2.13. The standard InChI is InChI=1S/C10H20N2O/c1-5-8(3)11-7-10(13)12-9(4)6-2/h6,8-9,11H,2,5,7H2,1,3-4H3,(H,12,13). The van der Waals surface area contributed by atoms with Crippen LogP contribution in [0.1, 0.15) is 27.2 Å². The molecule has 0 heterocycles. The predicted octanol–water partition coefficient (Wildman–Crippen LogP) is 1.07. The van der Waals surface area contributed by atoms with Crippen LogP contribution in [-0.4, -0.2) is 24.5 Å². The molecule has 0 fully saturated rings. The van der Waals surface area contributed by atoms with E-state index < -0.39 is 0 Å². The van der Waals surface area contributed by atoms with E-state index in [1.54, 1.807) is 6.08 Å². The smallest absolute Gasteiger partial charge is 0.234 e. The third kappa shape index (κ3) is 6.34. The van der Waals surface area contributed by atoms with E-state index in [1.165, 1.54) is 0 Å². The van der Waals surface area contributed by atoms with Crippen molar-refractivity contribution in [2.24, 2.45) is 0 Å². The molecule has 0 saturated heterocycles. The highest BCUT2D eigenvalue weighted by Gasteiger charge is 2.04. The van der Waals surface area contributed by atoms with Gasteiger partial charge in [0.2, 0.25) is 5.91 Å². The first-order chi connectivity index (χ1) is 6.10. The van der Waals surface area contributed by atoms with E-state index in [9.17, 15) is 4.79 Å². The van der Waals surface area contributed by atoms with Crippen molar-refractivity contribution in [1.82, 2.24) is 10.6 Å². The molecule has 1 amide bonds. The second-order valence-corrected chi connectivity index (χ2v) is 3.28. The molecular formula is C10H20N2O. The Labute approximate surface area is 80.6 Å². The van der Waals surface area contributed by atoms with Gasteiger partial charge in [-0.05, 0) is 20.3 Å². The highest BCUT2D eigenvalue weighted by molar-refractivity contribution is 5.78. The molecule has 0 spiro atoms. The first kappa shape index (κ1) is 12.2. The van der Waals surface area contributed by atoms with Crippen molar-refractivity contribution in [2.75, 3.05) is 6.54 Å². The Kier molecular flexibility index (Phi) is 6.24. The quantitative estimate of drug-likeness (QED) is 0.606. The van der Waals surface area contributed by atoms with Gasteiger partial charge in [0.05, 0.1) is 6.54 Å².